The van der Waals surface area contributed by atoms with Gasteiger partial charge in [0.15, 0.2) is 6.61 Å². The highest BCUT2D eigenvalue weighted by molar-refractivity contribution is 5.86. The molecule has 0 fully saturated rings. The van der Waals surface area contributed by atoms with E-state index in [1.807, 2.05) is 38.1 Å². The maximum Gasteiger partial charge on any atom is 0.260 e. The van der Waals surface area contributed by atoms with Crippen LogP contribution in [0.5, 0.6) is 5.75 Å². The van der Waals surface area contributed by atoms with E-state index in [0.717, 1.165) is 30.3 Å². The normalized spacial score (nSPS) is 10.8. The number of aromatic nitrogens is 1. The maximum absolute atomic E-state index is 12.3. The van der Waals surface area contributed by atoms with Gasteiger partial charge < -0.3 is 14.2 Å². The molecule has 1 heterocycles. The zero-order chi connectivity index (χ0) is 17.5. The Morgan fingerprint density at radius 2 is 1.96 bits per heavy atom. The number of nitrogens with zero attached hydrogens (tertiary/aromatic N) is 2. The average molecular weight is 330 g/mol. The number of fused-ring (bicyclic) bond motifs is 1. The molecule has 1 aromatic carbocycles. The van der Waals surface area contributed by atoms with Crippen LogP contribution < -0.4 is 10.3 Å². The molecule has 2 rings (SSSR count). The van der Waals surface area contributed by atoms with Crippen molar-refractivity contribution >= 4 is 16.8 Å². The lowest BCUT2D eigenvalue weighted by molar-refractivity contribution is -0.133. The van der Waals surface area contributed by atoms with Gasteiger partial charge in [-0.3, -0.25) is 9.59 Å². The number of aryl methyl sites for hydroxylation is 1. The number of benzene rings is 1. The first-order valence-corrected chi connectivity index (χ1v) is 8.65. The van der Waals surface area contributed by atoms with Gasteiger partial charge in [0.05, 0.1) is 5.52 Å². The van der Waals surface area contributed by atoms with Crippen LogP contribution in [0.4, 0.5) is 0 Å². The number of para-hydroxylation sites is 1. The van der Waals surface area contributed by atoms with E-state index >= 15 is 0 Å². The topological polar surface area (TPSA) is 51.5 Å². The van der Waals surface area contributed by atoms with Gasteiger partial charge in [-0.15, -0.1) is 0 Å². The molecule has 1 amide bonds. The van der Waals surface area contributed by atoms with Crippen LogP contribution in [0.25, 0.3) is 10.9 Å². The second-order valence-corrected chi connectivity index (χ2v) is 5.72. The predicted molar refractivity (Wildman–Crippen MR) is 96.5 cm³/mol. The molecule has 0 atom stereocenters. The van der Waals surface area contributed by atoms with Crippen LogP contribution in [0.15, 0.2) is 35.1 Å². The number of rotatable bonds is 8. The molecule has 1 aromatic heterocycles. The van der Waals surface area contributed by atoms with E-state index in [1.165, 1.54) is 6.07 Å². The summed E-state index contributed by atoms with van der Waals surface area (Å²) in [5.41, 5.74) is 0.713. The van der Waals surface area contributed by atoms with E-state index < -0.39 is 0 Å². The molecule has 0 spiro atoms. The molecule has 0 saturated heterocycles. The minimum Gasteiger partial charge on any atom is -0.483 e. The molecule has 0 N–H and O–H groups in total. The summed E-state index contributed by atoms with van der Waals surface area (Å²) in [5, 5.41) is 0.850. The fourth-order valence-electron chi connectivity index (χ4n) is 2.79. The lowest BCUT2D eigenvalue weighted by Gasteiger charge is -2.21. The van der Waals surface area contributed by atoms with Crippen LogP contribution in [0.2, 0.25) is 0 Å². The highest BCUT2D eigenvalue weighted by Crippen LogP contribution is 2.23. The van der Waals surface area contributed by atoms with Gasteiger partial charge in [-0.25, -0.2) is 0 Å². The number of carbonyl (C=O) groups is 1. The highest BCUT2D eigenvalue weighted by Gasteiger charge is 2.14. The third-order valence-electron chi connectivity index (χ3n) is 4.16. The summed E-state index contributed by atoms with van der Waals surface area (Å²) < 4.78 is 7.42. The van der Waals surface area contributed by atoms with E-state index in [4.69, 9.17) is 4.74 Å². The van der Waals surface area contributed by atoms with Crippen molar-refractivity contribution in [2.24, 2.45) is 0 Å². The lowest BCUT2D eigenvalue weighted by atomic mass is 10.2. The van der Waals surface area contributed by atoms with Gasteiger partial charge in [0, 0.05) is 31.1 Å². The molecule has 0 aliphatic rings. The number of hydrogen-bond donors (Lipinski definition) is 0. The van der Waals surface area contributed by atoms with Crippen LogP contribution in [0.1, 0.15) is 33.6 Å². The number of hydrogen-bond acceptors (Lipinski definition) is 3. The van der Waals surface area contributed by atoms with Crippen LogP contribution in [-0.2, 0) is 11.3 Å². The summed E-state index contributed by atoms with van der Waals surface area (Å²) in [7, 11) is 0. The van der Waals surface area contributed by atoms with Crippen LogP contribution in [0.3, 0.4) is 0 Å². The first-order chi connectivity index (χ1) is 11.6. The standard InChI is InChI=1S/C19H26N2O3/c1-4-7-12-20(5-2)19(23)14-24-17-13-18(22)21(6-3)16-11-9-8-10-15(16)17/h8-11,13H,4-7,12,14H2,1-3H3. The molecule has 0 radical (unpaired) electrons. The van der Waals surface area contributed by atoms with Crippen molar-refractivity contribution in [3.63, 3.8) is 0 Å². The van der Waals surface area contributed by atoms with Crippen LogP contribution >= 0.6 is 0 Å². The molecule has 130 valence electrons. The Balaban J connectivity index is 2.21. The Morgan fingerprint density at radius 3 is 2.62 bits per heavy atom. The Bertz CT molecular complexity index is 752. The molecule has 2 aromatic rings. The summed E-state index contributed by atoms with van der Waals surface area (Å²) in [6, 6.07) is 9.08. The van der Waals surface area contributed by atoms with Gasteiger partial charge >= 0.3 is 0 Å². The number of unbranched alkanes of at least 4 members (excludes halogenated alkanes) is 1. The first-order valence-electron chi connectivity index (χ1n) is 8.65. The number of likely N-dealkylation sites (N-methyl/N-ethyl adjacent to an activating group) is 1. The monoisotopic (exact) mass is 330 g/mol. The molecule has 0 unspecified atom stereocenters. The van der Waals surface area contributed by atoms with Crippen molar-refractivity contribution in [1.82, 2.24) is 9.47 Å². The summed E-state index contributed by atoms with van der Waals surface area (Å²) in [4.78, 5) is 26.4. The fraction of sp³-hybridized carbons (Fsp3) is 0.474. The molecular formula is C19H26N2O3. The van der Waals surface area contributed by atoms with Crippen molar-refractivity contribution in [3.05, 3.63) is 40.7 Å². The Labute approximate surface area is 142 Å². The minimum atomic E-state index is -0.114. The number of carbonyl (C=O) groups excluding carboxylic acids is 1. The number of amides is 1. The zero-order valence-electron chi connectivity index (χ0n) is 14.7. The van der Waals surface area contributed by atoms with E-state index in [1.54, 1.807) is 9.47 Å². The number of ether oxygens (including phenoxy) is 1. The SMILES string of the molecule is CCCCN(CC)C(=O)COc1cc(=O)n(CC)c2ccccc12. The largest absolute Gasteiger partial charge is 0.483 e. The average Bonchev–Trinajstić information content (AvgIpc) is 2.60. The highest BCUT2D eigenvalue weighted by atomic mass is 16.5. The van der Waals surface area contributed by atoms with Gasteiger partial charge in [-0.05, 0) is 32.4 Å². The second-order valence-electron chi connectivity index (χ2n) is 5.72. The van der Waals surface area contributed by atoms with Crippen LogP contribution in [0, 0.1) is 0 Å². The van der Waals surface area contributed by atoms with Crippen molar-refractivity contribution in [2.45, 2.75) is 40.2 Å². The third-order valence-corrected chi connectivity index (χ3v) is 4.16. The molecule has 0 aliphatic carbocycles. The summed E-state index contributed by atoms with van der Waals surface area (Å²) in [5.74, 6) is 0.426. The molecule has 0 bridgehead atoms. The fourth-order valence-corrected chi connectivity index (χ4v) is 2.79. The lowest BCUT2D eigenvalue weighted by Crippen LogP contribution is -2.35. The van der Waals surface area contributed by atoms with Crippen molar-refractivity contribution in [1.29, 1.82) is 0 Å². The van der Waals surface area contributed by atoms with Gasteiger partial charge in [-0.1, -0.05) is 25.5 Å². The van der Waals surface area contributed by atoms with Gasteiger partial charge in [0.25, 0.3) is 11.5 Å². The Hall–Kier alpha value is -2.30. The molecule has 5 nitrogen and oxygen atoms in total. The van der Waals surface area contributed by atoms with E-state index in [2.05, 4.69) is 6.92 Å². The number of pyridine rings is 1. The first kappa shape index (κ1) is 18.0. The van der Waals surface area contributed by atoms with E-state index in [-0.39, 0.29) is 18.1 Å². The van der Waals surface area contributed by atoms with Gasteiger partial charge in [-0.2, -0.15) is 0 Å². The van der Waals surface area contributed by atoms with Crippen LogP contribution in [-0.4, -0.2) is 35.1 Å². The Kier molecular flexibility index (Phi) is 6.41. The van der Waals surface area contributed by atoms with E-state index in [9.17, 15) is 9.59 Å². The minimum absolute atomic E-state index is 0.0445. The molecular weight excluding hydrogens is 304 g/mol. The predicted octanol–water partition coefficient (Wildman–Crippen LogP) is 3.05. The quantitative estimate of drug-likeness (QED) is 0.747. The molecule has 24 heavy (non-hydrogen) atoms. The Morgan fingerprint density at radius 1 is 1.21 bits per heavy atom. The second kappa shape index (κ2) is 8.52. The van der Waals surface area contributed by atoms with Gasteiger partial charge in [0.1, 0.15) is 5.75 Å². The maximum atomic E-state index is 12.3. The van der Waals surface area contributed by atoms with E-state index in [0.29, 0.717) is 18.8 Å². The summed E-state index contributed by atoms with van der Waals surface area (Å²) in [6.45, 7) is 7.96. The molecule has 0 aliphatic heterocycles. The summed E-state index contributed by atoms with van der Waals surface area (Å²) >= 11 is 0. The third kappa shape index (κ3) is 3.96. The summed E-state index contributed by atoms with van der Waals surface area (Å²) in [6.07, 6.45) is 2.03. The van der Waals surface area contributed by atoms with Crippen molar-refractivity contribution < 1.29 is 9.53 Å². The van der Waals surface area contributed by atoms with Crippen molar-refractivity contribution in [2.75, 3.05) is 19.7 Å². The smallest absolute Gasteiger partial charge is 0.260 e. The van der Waals surface area contributed by atoms with Crippen molar-refractivity contribution in [3.8, 4) is 5.75 Å². The zero-order valence-corrected chi connectivity index (χ0v) is 14.7. The molecule has 0 saturated carbocycles. The molecule has 5 heteroatoms. The van der Waals surface area contributed by atoms with Gasteiger partial charge in [0.2, 0.25) is 0 Å².